The number of hydrogen-bond acceptors (Lipinski definition) is 6. The fourth-order valence-corrected chi connectivity index (χ4v) is 3.28. The van der Waals surface area contributed by atoms with E-state index in [0.29, 0.717) is 17.4 Å². The van der Waals surface area contributed by atoms with Crippen LogP contribution in [0.3, 0.4) is 0 Å². The monoisotopic (exact) mass is 440 g/mol. The minimum Gasteiger partial charge on any atom is -0.481 e. The number of nitrogens with zero attached hydrogens (tertiary/aromatic N) is 2. The number of hydrogen-bond donors (Lipinski definition) is 3. The van der Waals surface area contributed by atoms with Gasteiger partial charge in [0.2, 0.25) is 5.88 Å². The number of benzene rings is 2. The van der Waals surface area contributed by atoms with Crippen LogP contribution in [-0.4, -0.2) is 32.6 Å². The molecule has 9 heteroatoms. The second-order valence-corrected chi connectivity index (χ2v) is 7.48. The second-order valence-electron chi connectivity index (χ2n) is 6.19. The summed E-state index contributed by atoms with van der Waals surface area (Å²) >= 11 is 6.95. The van der Waals surface area contributed by atoms with Crippen LogP contribution >= 0.6 is 24.0 Å². The number of para-hydroxylation sites is 1. The number of ether oxygens (including phenoxy) is 1. The summed E-state index contributed by atoms with van der Waals surface area (Å²) < 4.78 is 5.61. The molecule has 0 aliphatic heterocycles. The number of rotatable bonds is 8. The van der Waals surface area contributed by atoms with Gasteiger partial charge < -0.3 is 20.5 Å². The molecule has 1 heterocycles. The highest BCUT2D eigenvalue weighted by molar-refractivity contribution is 7.98. The molecular formula is C21H20N4O3S2. The fraction of sp³-hybridized carbons (Fsp3) is 0.143. The van der Waals surface area contributed by atoms with Crippen molar-refractivity contribution in [3.8, 4) is 11.6 Å². The summed E-state index contributed by atoms with van der Waals surface area (Å²) in [6.45, 7) is 0. The van der Waals surface area contributed by atoms with Crippen molar-refractivity contribution in [2.75, 3.05) is 11.6 Å². The summed E-state index contributed by atoms with van der Waals surface area (Å²) in [5.74, 6) is 0.503. The van der Waals surface area contributed by atoms with Gasteiger partial charge in [-0.2, -0.15) is 0 Å². The van der Waals surface area contributed by atoms with Gasteiger partial charge in [-0.05, 0) is 54.4 Å². The number of anilines is 1. The van der Waals surface area contributed by atoms with Crippen LogP contribution in [0.1, 0.15) is 18.0 Å². The summed E-state index contributed by atoms with van der Waals surface area (Å²) in [4.78, 5) is 12.4. The van der Waals surface area contributed by atoms with Crippen LogP contribution < -0.4 is 15.4 Å². The zero-order chi connectivity index (χ0) is 21.3. The topological polar surface area (TPSA) is 96.4 Å². The molecule has 0 aliphatic carbocycles. The summed E-state index contributed by atoms with van der Waals surface area (Å²) in [5, 5.41) is 23.5. The lowest BCUT2D eigenvalue weighted by Crippen LogP contribution is -2.33. The maximum Gasteiger partial charge on any atom is 0.305 e. The van der Waals surface area contributed by atoms with Crippen molar-refractivity contribution < 1.29 is 14.6 Å². The first-order valence-electron chi connectivity index (χ1n) is 9.03. The number of carbonyl (C=O) groups is 1. The largest absolute Gasteiger partial charge is 0.481 e. The predicted molar refractivity (Wildman–Crippen MR) is 121 cm³/mol. The van der Waals surface area contributed by atoms with Crippen molar-refractivity contribution in [2.45, 2.75) is 17.4 Å². The Hall–Kier alpha value is -3.17. The zero-order valence-electron chi connectivity index (χ0n) is 16.1. The van der Waals surface area contributed by atoms with Crippen LogP contribution in [0.25, 0.3) is 0 Å². The number of carboxylic acid groups (broad SMARTS) is 1. The molecule has 3 rings (SSSR count). The highest BCUT2D eigenvalue weighted by Gasteiger charge is 2.17. The summed E-state index contributed by atoms with van der Waals surface area (Å²) in [6.07, 6.45) is 1.87. The third kappa shape index (κ3) is 6.43. The van der Waals surface area contributed by atoms with Crippen LogP contribution in [0.15, 0.2) is 71.6 Å². The van der Waals surface area contributed by atoms with E-state index in [4.69, 9.17) is 17.0 Å². The van der Waals surface area contributed by atoms with Crippen molar-refractivity contribution in [2.24, 2.45) is 0 Å². The van der Waals surface area contributed by atoms with Gasteiger partial charge in [-0.1, -0.05) is 30.3 Å². The molecule has 0 amide bonds. The Labute approximate surface area is 183 Å². The van der Waals surface area contributed by atoms with E-state index in [-0.39, 0.29) is 11.5 Å². The molecule has 1 aromatic heterocycles. The molecule has 0 saturated heterocycles. The molecule has 1 atom stereocenters. The minimum atomic E-state index is -0.925. The van der Waals surface area contributed by atoms with Gasteiger partial charge >= 0.3 is 5.97 Å². The van der Waals surface area contributed by atoms with E-state index in [1.165, 1.54) is 0 Å². The van der Waals surface area contributed by atoms with E-state index >= 15 is 0 Å². The lowest BCUT2D eigenvalue weighted by molar-refractivity contribution is -0.137. The van der Waals surface area contributed by atoms with E-state index in [2.05, 4.69) is 20.8 Å². The normalized spacial score (nSPS) is 11.4. The number of nitrogens with one attached hydrogen (secondary N) is 2. The molecular weight excluding hydrogens is 420 g/mol. The molecule has 2 aromatic carbocycles. The summed E-state index contributed by atoms with van der Waals surface area (Å²) in [5.41, 5.74) is 0.831. The minimum absolute atomic E-state index is 0.115. The average Bonchev–Trinajstić information content (AvgIpc) is 2.75. The first kappa shape index (κ1) is 21.5. The molecule has 0 fully saturated rings. The van der Waals surface area contributed by atoms with Crippen molar-refractivity contribution in [3.63, 3.8) is 0 Å². The lowest BCUT2D eigenvalue weighted by Gasteiger charge is -2.20. The smallest absolute Gasteiger partial charge is 0.305 e. The highest BCUT2D eigenvalue weighted by atomic mass is 32.2. The molecule has 3 N–H and O–H groups in total. The molecule has 7 nitrogen and oxygen atoms in total. The Bertz CT molecular complexity index is 983. The number of thiocarbonyl (C=S) groups is 1. The fourth-order valence-electron chi connectivity index (χ4n) is 2.62. The van der Waals surface area contributed by atoms with Gasteiger partial charge in [0.05, 0.1) is 12.5 Å². The van der Waals surface area contributed by atoms with Crippen LogP contribution in [-0.2, 0) is 4.79 Å². The van der Waals surface area contributed by atoms with Gasteiger partial charge in [0.1, 0.15) is 5.75 Å². The van der Waals surface area contributed by atoms with Crippen LogP contribution in [0.2, 0.25) is 0 Å². The Morgan fingerprint density at radius 2 is 1.83 bits per heavy atom. The van der Waals surface area contributed by atoms with E-state index in [0.717, 1.165) is 10.5 Å². The van der Waals surface area contributed by atoms with Gasteiger partial charge in [0, 0.05) is 11.0 Å². The summed E-state index contributed by atoms with van der Waals surface area (Å²) in [7, 11) is 0. The standard InChI is InChI=1S/C21H20N4O3S2/c1-30-16-9-7-14(8-10-16)17(13-20(26)27)22-21(29)23-18-11-12-19(25-24-18)28-15-5-3-2-4-6-15/h2-12,17H,13H2,1H3,(H,26,27)(H2,22,23,24,29)/t17-/m0/s1. The first-order chi connectivity index (χ1) is 14.5. The van der Waals surface area contributed by atoms with Crippen LogP contribution in [0.4, 0.5) is 5.82 Å². The Morgan fingerprint density at radius 3 is 2.43 bits per heavy atom. The SMILES string of the molecule is CSc1ccc([C@H](CC(=O)O)NC(=S)Nc2ccc(Oc3ccccc3)nn2)cc1. The average molecular weight is 441 g/mol. The molecule has 0 unspecified atom stereocenters. The van der Waals surface area contributed by atoms with E-state index in [9.17, 15) is 9.90 Å². The van der Waals surface area contributed by atoms with Crippen molar-refractivity contribution in [1.29, 1.82) is 0 Å². The van der Waals surface area contributed by atoms with Crippen LogP contribution in [0.5, 0.6) is 11.6 Å². The van der Waals surface area contributed by atoms with Crippen molar-refractivity contribution in [1.82, 2.24) is 15.5 Å². The van der Waals surface area contributed by atoms with Gasteiger partial charge in [-0.25, -0.2) is 0 Å². The molecule has 0 saturated carbocycles. The van der Waals surface area contributed by atoms with Gasteiger partial charge in [-0.15, -0.1) is 22.0 Å². The zero-order valence-corrected chi connectivity index (χ0v) is 17.7. The van der Waals surface area contributed by atoms with Gasteiger partial charge in [0.25, 0.3) is 0 Å². The third-order valence-electron chi connectivity index (χ3n) is 4.05. The lowest BCUT2D eigenvalue weighted by atomic mass is 10.0. The number of aliphatic carboxylic acids is 1. The number of thioether (sulfide) groups is 1. The molecule has 0 bridgehead atoms. The Kier molecular flexibility index (Phi) is 7.58. The highest BCUT2D eigenvalue weighted by Crippen LogP contribution is 2.22. The van der Waals surface area contributed by atoms with E-state index < -0.39 is 12.0 Å². The molecule has 3 aromatic rings. The number of carboxylic acids is 1. The van der Waals surface area contributed by atoms with Crippen LogP contribution in [0, 0.1) is 0 Å². The first-order valence-corrected chi connectivity index (χ1v) is 10.7. The maximum atomic E-state index is 11.3. The van der Waals surface area contributed by atoms with Crippen molar-refractivity contribution >= 4 is 40.9 Å². The molecule has 0 spiro atoms. The molecule has 154 valence electrons. The Morgan fingerprint density at radius 1 is 1.10 bits per heavy atom. The molecule has 0 aliphatic rings. The molecule has 0 radical (unpaired) electrons. The maximum absolute atomic E-state index is 11.3. The van der Waals surface area contributed by atoms with E-state index in [1.54, 1.807) is 23.9 Å². The van der Waals surface area contributed by atoms with E-state index in [1.807, 2.05) is 60.9 Å². The molecule has 30 heavy (non-hydrogen) atoms. The number of aromatic nitrogens is 2. The quantitative estimate of drug-likeness (QED) is 0.346. The summed E-state index contributed by atoms with van der Waals surface area (Å²) in [6, 6.07) is 19.8. The van der Waals surface area contributed by atoms with Crippen molar-refractivity contribution in [3.05, 3.63) is 72.3 Å². The van der Waals surface area contributed by atoms with Gasteiger partial charge in [-0.3, -0.25) is 4.79 Å². The third-order valence-corrected chi connectivity index (χ3v) is 5.01. The Balaban J connectivity index is 1.62. The second kappa shape index (κ2) is 10.6. The van der Waals surface area contributed by atoms with Gasteiger partial charge in [0.15, 0.2) is 10.9 Å². The predicted octanol–water partition coefficient (Wildman–Crippen LogP) is 4.49.